The second kappa shape index (κ2) is 5.80. The van der Waals surface area contributed by atoms with E-state index >= 15 is 0 Å². The molecule has 2 N–H and O–H groups in total. The van der Waals surface area contributed by atoms with Crippen molar-refractivity contribution in [2.24, 2.45) is 0 Å². The summed E-state index contributed by atoms with van der Waals surface area (Å²) in [5.41, 5.74) is -0.00762. The normalized spacial score (nSPS) is 13.8. The van der Waals surface area contributed by atoms with Crippen LogP contribution in [0.3, 0.4) is 0 Å². The Kier molecular flexibility index (Phi) is 4.77. The highest BCUT2D eigenvalue weighted by Crippen LogP contribution is 2.19. The Morgan fingerprint density at radius 3 is 2.20 bits per heavy atom. The second-order valence-corrected chi connectivity index (χ2v) is 6.08. The smallest absolute Gasteiger partial charge is 0.382 e. The van der Waals surface area contributed by atoms with Crippen molar-refractivity contribution in [2.45, 2.75) is 17.2 Å². The van der Waals surface area contributed by atoms with Gasteiger partial charge in [0.1, 0.15) is 0 Å². The molecule has 0 aliphatic heterocycles. The maximum atomic E-state index is 12.0. The molecule has 20 heavy (non-hydrogen) atoms. The number of aliphatic hydroxyl groups is 1. The van der Waals surface area contributed by atoms with Crippen LogP contribution in [0.5, 0.6) is 0 Å². The first-order valence-electron chi connectivity index (χ1n) is 5.35. The van der Waals surface area contributed by atoms with Gasteiger partial charge in [0.15, 0.2) is 15.9 Å². The Hall–Kier alpha value is -1.61. The van der Waals surface area contributed by atoms with Crippen LogP contribution in [0.4, 0.5) is 13.2 Å². The third kappa shape index (κ3) is 4.49. The van der Waals surface area contributed by atoms with Crippen LogP contribution in [0, 0.1) is 0 Å². The Bertz CT molecular complexity index is 581. The van der Waals surface area contributed by atoms with Gasteiger partial charge < -0.3 is 10.4 Å². The van der Waals surface area contributed by atoms with Crippen LogP contribution >= 0.6 is 0 Å². The van der Waals surface area contributed by atoms with Crippen LogP contribution in [0.1, 0.15) is 10.4 Å². The molecule has 0 bridgehead atoms. The van der Waals surface area contributed by atoms with E-state index in [1.165, 1.54) is 24.3 Å². The maximum Gasteiger partial charge on any atom is 0.416 e. The van der Waals surface area contributed by atoms with Crippen LogP contribution < -0.4 is 5.32 Å². The van der Waals surface area contributed by atoms with Gasteiger partial charge in [-0.1, -0.05) is 0 Å². The number of nitrogens with one attached hydrogen (secondary N) is 1. The van der Waals surface area contributed by atoms with Gasteiger partial charge in [-0.2, -0.15) is 13.2 Å². The molecule has 1 unspecified atom stereocenters. The molecule has 0 aromatic heterocycles. The first-order valence-corrected chi connectivity index (χ1v) is 7.24. The summed E-state index contributed by atoms with van der Waals surface area (Å²) in [4.78, 5) is 11.5. The summed E-state index contributed by atoms with van der Waals surface area (Å²) in [6, 6.07) is 4.69. The van der Waals surface area contributed by atoms with Gasteiger partial charge in [-0.15, -0.1) is 0 Å². The summed E-state index contributed by atoms with van der Waals surface area (Å²) in [7, 11) is -3.41. The molecule has 5 nitrogen and oxygen atoms in total. The minimum Gasteiger partial charge on any atom is -0.382 e. The number of alkyl halides is 3. The fourth-order valence-electron chi connectivity index (χ4n) is 1.26. The van der Waals surface area contributed by atoms with Crippen LogP contribution in [-0.4, -0.2) is 44.5 Å². The lowest BCUT2D eigenvalue weighted by molar-refractivity contribution is -0.201. The molecule has 0 saturated heterocycles. The number of hydrogen-bond donors (Lipinski definition) is 2. The number of benzene rings is 1. The SMILES string of the molecule is CS(=O)(=O)c1ccc(C(=O)NCC(O)C(F)(F)F)cc1. The van der Waals surface area contributed by atoms with E-state index in [1.807, 2.05) is 5.32 Å². The topological polar surface area (TPSA) is 83.5 Å². The monoisotopic (exact) mass is 311 g/mol. The zero-order valence-corrected chi connectivity index (χ0v) is 11.1. The van der Waals surface area contributed by atoms with E-state index in [2.05, 4.69) is 0 Å². The number of rotatable bonds is 4. The standard InChI is InChI=1S/C11H12F3NO4S/c1-20(18,19)8-4-2-7(3-5-8)10(17)15-6-9(16)11(12,13)14/h2-5,9,16H,6H2,1H3,(H,15,17). The average molecular weight is 311 g/mol. The van der Waals surface area contributed by atoms with E-state index in [0.717, 1.165) is 6.26 Å². The van der Waals surface area contributed by atoms with Crippen molar-refractivity contribution in [3.05, 3.63) is 29.8 Å². The Labute approximate surface area is 113 Å². The first-order chi connectivity index (χ1) is 9.01. The molecule has 0 spiro atoms. The summed E-state index contributed by atoms with van der Waals surface area (Å²) in [6.45, 7) is -0.976. The van der Waals surface area contributed by atoms with E-state index in [-0.39, 0.29) is 10.5 Å². The molecule has 1 rings (SSSR count). The minimum atomic E-state index is -4.81. The van der Waals surface area contributed by atoms with Gasteiger partial charge in [0.05, 0.1) is 11.4 Å². The number of halogens is 3. The van der Waals surface area contributed by atoms with E-state index < -0.39 is 34.6 Å². The van der Waals surface area contributed by atoms with Crippen LogP contribution in [0.25, 0.3) is 0 Å². The van der Waals surface area contributed by atoms with Gasteiger partial charge in [-0.05, 0) is 24.3 Å². The number of carbonyl (C=O) groups excluding carboxylic acids is 1. The molecule has 1 amide bonds. The first kappa shape index (κ1) is 16.4. The van der Waals surface area contributed by atoms with Gasteiger partial charge in [0.2, 0.25) is 0 Å². The van der Waals surface area contributed by atoms with E-state index in [9.17, 15) is 26.4 Å². The van der Waals surface area contributed by atoms with E-state index in [1.54, 1.807) is 0 Å². The molecule has 0 radical (unpaired) electrons. The van der Waals surface area contributed by atoms with Crippen LogP contribution in [0.15, 0.2) is 29.2 Å². The highest BCUT2D eigenvalue weighted by molar-refractivity contribution is 7.90. The van der Waals surface area contributed by atoms with Crippen molar-refractivity contribution >= 4 is 15.7 Å². The lowest BCUT2D eigenvalue weighted by Crippen LogP contribution is -2.40. The third-order valence-corrected chi connectivity index (χ3v) is 3.51. The van der Waals surface area contributed by atoms with Crippen molar-refractivity contribution < 1.29 is 31.5 Å². The van der Waals surface area contributed by atoms with Crippen LogP contribution in [-0.2, 0) is 9.84 Å². The van der Waals surface area contributed by atoms with Crippen LogP contribution in [0.2, 0.25) is 0 Å². The molecule has 0 aliphatic rings. The fraction of sp³-hybridized carbons (Fsp3) is 0.364. The lowest BCUT2D eigenvalue weighted by Gasteiger charge is -2.15. The molecule has 9 heteroatoms. The number of carbonyl (C=O) groups is 1. The summed E-state index contributed by atoms with van der Waals surface area (Å²) in [6.07, 6.45) is -6.48. The summed E-state index contributed by atoms with van der Waals surface area (Å²) >= 11 is 0. The van der Waals surface area contributed by atoms with Crippen molar-refractivity contribution in [1.82, 2.24) is 5.32 Å². The van der Waals surface area contributed by atoms with E-state index in [0.29, 0.717) is 0 Å². The van der Waals surface area contributed by atoms with Gasteiger partial charge in [-0.25, -0.2) is 8.42 Å². The Balaban J connectivity index is 2.70. The predicted molar refractivity (Wildman–Crippen MR) is 63.9 cm³/mol. The molecule has 0 saturated carbocycles. The maximum absolute atomic E-state index is 12.0. The molecule has 0 heterocycles. The molecule has 112 valence electrons. The van der Waals surface area contributed by atoms with Crippen molar-refractivity contribution in [3.63, 3.8) is 0 Å². The number of amides is 1. The quantitative estimate of drug-likeness (QED) is 0.859. The molecule has 1 atom stereocenters. The average Bonchev–Trinajstić information content (AvgIpc) is 2.33. The van der Waals surface area contributed by atoms with Crippen molar-refractivity contribution in [1.29, 1.82) is 0 Å². The molecule has 0 aliphatic carbocycles. The zero-order chi connectivity index (χ0) is 15.6. The van der Waals surface area contributed by atoms with Crippen molar-refractivity contribution in [2.75, 3.05) is 12.8 Å². The second-order valence-electron chi connectivity index (χ2n) is 4.06. The van der Waals surface area contributed by atoms with Gasteiger partial charge >= 0.3 is 6.18 Å². The summed E-state index contributed by atoms with van der Waals surface area (Å²) in [5.74, 6) is -0.839. The summed E-state index contributed by atoms with van der Waals surface area (Å²) < 4.78 is 58.4. The molecule has 0 fully saturated rings. The van der Waals surface area contributed by atoms with E-state index in [4.69, 9.17) is 5.11 Å². The number of hydrogen-bond acceptors (Lipinski definition) is 4. The van der Waals surface area contributed by atoms with Crippen molar-refractivity contribution in [3.8, 4) is 0 Å². The summed E-state index contributed by atoms with van der Waals surface area (Å²) in [5, 5.41) is 10.6. The Morgan fingerprint density at radius 2 is 1.80 bits per heavy atom. The highest BCUT2D eigenvalue weighted by atomic mass is 32.2. The predicted octanol–water partition coefficient (Wildman–Crippen LogP) is 0.743. The van der Waals surface area contributed by atoms with Gasteiger partial charge in [-0.3, -0.25) is 4.79 Å². The van der Waals surface area contributed by atoms with Gasteiger partial charge in [0, 0.05) is 11.8 Å². The Morgan fingerprint density at radius 1 is 1.30 bits per heavy atom. The number of aliphatic hydroxyl groups excluding tert-OH is 1. The minimum absolute atomic E-state index is 0.00762. The molecular formula is C11H12F3NO4S. The lowest BCUT2D eigenvalue weighted by atomic mass is 10.2. The van der Waals surface area contributed by atoms with Gasteiger partial charge in [0.25, 0.3) is 5.91 Å². The third-order valence-electron chi connectivity index (χ3n) is 2.38. The highest BCUT2D eigenvalue weighted by Gasteiger charge is 2.38. The molecule has 1 aromatic rings. The molecule has 1 aromatic carbocycles. The fourth-order valence-corrected chi connectivity index (χ4v) is 1.89. The molecular weight excluding hydrogens is 299 g/mol. The zero-order valence-electron chi connectivity index (χ0n) is 10.3. The number of sulfone groups is 1. The largest absolute Gasteiger partial charge is 0.416 e.